The lowest BCUT2D eigenvalue weighted by atomic mass is 9.93. The van der Waals surface area contributed by atoms with Gasteiger partial charge < -0.3 is 14.4 Å². The van der Waals surface area contributed by atoms with Crippen molar-refractivity contribution in [3.8, 4) is 5.88 Å². The van der Waals surface area contributed by atoms with Gasteiger partial charge in [0.2, 0.25) is 0 Å². The summed E-state index contributed by atoms with van der Waals surface area (Å²) < 4.78 is 11.8. The van der Waals surface area contributed by atoms with E-state index in [1.807, 2.05) is 13.8 Å². The number of hydrogen-bond donors (Lipinski definition) is 0. The van der Waals surface area contributed by atoms with Crippen LogP contribution in [0.2, 0.25) is 0 Å². The van der Waals surface area contributed by atoms with Crippen molar-refractivity contribution >= 4 is 17.2 Å². The molecule has 136 valence electrons. The summed E-state index contributed by atoms with van der Waals surface area (Å²) >= 11 is 1.66. The van der Waals surface area contributed by atoms with Crippen LogP contribution < -0.4 is 9.64 Å². The second-order valence-corrected chi connectivity index (χ2v) is 8.37. The molecular formula is C18H26N4O2S. The van der Waals surface area contributed by atoms with E-state index >= 15 is 0 Å². The van der Waals surface area contributed by atoms with Gasteiger partial charge in [-0.1, -0.05) is 20.8 Å². The van der Waals surface area contributed by atoms with Crippen LogP contribution in [-0.2, 0) is 10.2 Å². The number of nitrogens with zero attached hydrogens (tertiary/aromatic N) is 4. The van der Waals surface area contributed by atoms with Crippen LogP contribution in [0.15, 0.2) is 17.8 Å². The molecule has 0 N–H and O–H groups in total. The Labute approximate surface area is 153 Å². The van der Waals surface area contributed by atoms with Gasteiger partial charge in [0, 0.05) is 29.7 Å². The van der Waals surface area contributed by atoms with E-state index in [9.17, 15) is 0 Å². The Morgan fingerprint density at radius 3 is 2.72 bits per heavy atom. The third-order valence-corrected chi connectivity index (χ3v) is 4.86. The molecule has 0 saturated carbocycles. The molecule has 0 radical (unpaired) electrons. The van der Waals surface area contributed by atoms with Gasteiger partial charge in [0.15, 0.2) is 5.82 Å². The summed E-state index contributed by atoms with van der Waals surface area (Å²) in [6.07, 6.45) is 3.37. The molecule has 1 unspecified atom stereocenters. The van der Waals surface area contributed by atoms with E-state index in [1.54, 1.807) is 23.7 Å². The second-order valence-electron chi connectivity index (χ2n) is 7.48. The average molecular weight is 362 g/mol. The lowest BCUT2D eigenvalue weighted by molar-refractivity contribution is 0.0389. The first-order valence-electron chi connectivity index (χ1n) is 8.64. The molecule has 0 aromatic carbocycles. The first-order chi connectivity index (χ1) is 11.8. The van der Waals surface area contributed by atoms with Gasteiger partial charge in [-0.3, -0.25) is 0 Å². The fourth-order valence-electron chi connectivity index (χ4n) is 2.61. The standard InChI is InChI=1S/C18H26N4O2S/c1-12(2)24-16-15(19-6-7-20-16)22-8-9-23-13(10-22)17-21-14(11-25-17)18(3,4)5/h6-7,11-13H,8-10H2,1-5H3. The molecule has 0 amide bonds. The van der Waals surface area contributed by atoms with Crippen molar-refractivity contribution in [2.24, 2.45) is 0 Å². The molecular weight excluding hydrogens is 336 g/mol. The Kier molecular flexibility index (Phi) is 5.24. The van der Waals surface area contributed by atoms with Gasteiger partial charge in [0.25, 0.3) is 5.88 Å². The van der Waals surface area contributed by atoms with Crippen LogP contribution >= 0.6 is 11.3 Å². The highest BCUT2D eigenvalue weighted by atomic mass is 32.1. The minimum Gasteiger partial charge on any atom is -0.472 e. The van der Waals surface area contributed by atoms with Gasteiger partial charge in [-0.15, -0.1) is 11.3 Å². The summed E-state index contributed by atoms with van der Waals surface area (Å²) in [4.78, 5) is 15.8. The van der Waals surface area contributed by atoms with Crippen molar-refractivity contribution in [1.82, 2.24) is 15.0 Å². The topological polar surface area (TPSA) is 60.4 Å². The van der Waals surface area contributed by atoms with Crippen molar-refractivity contribution in [3.63, 3.8) is 0 Å². The molecule has 1 saturated heterocycles. The first-order valence-corrected chi connectivity index (χ1v) is 9.52. The van der Waals surface area contributed by atoms with Gasteiger partial charge in [0.05, 0.1) is 24.9 Å². The third-order valence-electron chi connectivity index (χ3n) is 3.93. The third kappa shape index (κ3) is 4.27. The normalized spacial score (nSPS) is 18.6. The molecule has 6 nitrogen and oxygen atoms in total. The monoisotopic (exact) mass is 362 g/mol. The van der Waals surface area contributed by atoms with E-state index in [0.717, 1.165) is 23.1 Å². The summed E-state index contributed by atoms with van der Waals surface area (Å²) in [7, 11) is 0. The van der Waals surface area contributed by atoms with Crippen LogP contribution in [0.5, 0.6) is 5.88 Å². The summed E-state index contributed by atoms with van der Waals surface area (Å²) in [6, 6.07) is 0. The van der Waals surface area contributed by atoms with E-state index in [-0.39, 0.29) is 17.6 Å². The lowest BCUT2D eigenvalue weighted by Gasteiger charge is -2.33. The van der Waals surface area contributed by atoms with Crippen LogP contribution in [0.1, 0.15) is 51.4 Å². The molecule has 25 heavy (non-hydrogen) atoms. The second kappa shape index (κ2) is 7.25. The molecule has 1 atom stereocenters. The zero-order valence-electron chi connectivity index (χ0n) is 15.5. The molecule has 3 heterocycles. The van der Waals surface area contributed by atoms with E-state index in [1.165, 1.54) is 0 Å². The maximum absolute atomic E-state index is 5.98. The number of anilines is 1. The Hall–Kier alpha value is -1.73. The van der Waals surface area contributed by atoms with Gasteiger partial charge in [-0.25, -0.2) is 15.0 Å². The minimum absolute atomic E-state index is 0.0479. The Morgan fingerprint density at radius 2 is 2.04 bits per heavy atom. The number of aromatic nitrogens is 3. The van der Waals surface area contributed by atoms with Crippen molar-refractivity contribution in [3.05, 3.63) is 28.5 Å². The summed E-state index contributed by atoms with van der Waals surface area (Å²) in [5, 5.41) is 3.15. The van der Waals surface area contributed by atoms with Gasteiger partial charge >= 0.3 is 0 Å². The van der Waals surface area contributed by atoms with Gasteiger partial charge in [-0.2, -0.15) is 0 Å². The van der Waals surface area contributed by atoms with Crippen molar-refractivity contribution < 1.29 is 9.47 Å². The quantitative estimate of drug-likeness (QED) is 0.828. The van der Waals surface area contributed by atoms with Crippen LogP contribution in [-0.4, -0.2) is 40.8 Å². The molecule has 0 aliphatic carbocycles. The number of ether oxygens (including phenoxy) is 2. The van der Waals surface area contributed by atoms with E-state index in [0.29, 0.717) is 19.0 Å². The molecule has 0 spiro atoms. The Balaban J connectivity index is 1.79. The van der Waals surface area contributed by atoms with Crippen molar-refractivity contribution in [2.45, 2.75) is 52.2 Å². The molecule has 1 fully saturated rings. The predicted molar refractivity (Wildman–Crippen MR) is 99.5 cm³/mol. The predicted octanol–water partition coefficient (Wildman–Crippen LogP) is 3.60. The summed E-state index contributed by atoms with van der Waals surface area (Å²) in [6.45, 7) is 12.6. The van der Waals surface area contributed by atoms with E-state index in [4.69, 9.17) is 14.5 Å². The molecule has 2 aromatic rings. The minimum atomic E-state index is -0.0521. The van der Waals surface area contributed by atoms with Crippen molar-refractivity contribution in [2.75, 3.05) is 24.6 Å². The van der Waals surface area contributed by atoms with Gasteiger partial charge in [-0.05, 0) is 13.8 Å². The number of rotatable bonds is 4. The van der Waals surface area contributed by atoms with Crippen LogP contribution in [0.3, 0.4) is 0 Å². The maximum Gasteiger partial charge on any atom is 0.257 e. The lowest BCUT2D eigenvalue weighted by Crippen LogP contribution is -2.39. The van der Waals surface area contributed by atoms with Crippen molar-refractivity contribution in [1.29, 1.82) is 0 Å². The number of hydrogen-bond acceptors (Lipinski definition) is 7. The Bertz CT molecular complexity index is 711. The van der Waals surface area contributed by atoms with Crippen LogP contribution in [0.4, 0.5) is 5.82 Å². The molecule has 0 bridgehead atoms. The molecule has 7 heteroatoms. The summed E-state index contributed by atoms with van der Waals surface area (Å²) in [5.74, 6) is 1.35. The highest BCUT2D eigenvalue weighted by Crippen LogP contribution is 2.33. The van der Waals surface area contributed by atoms with Crippen LogP contribution in [0.25, 0.3) is 0 Å². The highest BCUT2D eigenvalue weighted by Gasteiger charge is 2.29. The highest BCUT2D eigenvalue weighted by molar-refractivity contribution is 7.09. The van der Waals surface area contributed by atoms with Gasteiger partial charge in [0.1, 0.15) is 11.1 Å². The first kappa shape index (κ1) is 18.1. The van der Waals surface area contributed by atoms with Crippen LogP contribution in [0, 0.1) is 0 Å². The summed E-state index contributed by atoms with van der Waals surface area (Å²) in [5.41, 5.74) is 1.16. The van der Waals surface area contributed by atoms with E-state index in [2.05, 4.69) is 41.0 Å². The fourth-order valence-corrected chi connectivity index (χ4v) is 3.70. The largest absolute Gasteiger partial charge is 0.472 e. The SMILES string of the molecule is CC(C)Oc1nccnc1N1CCOC(c2nc(C(C)(C)C)cs2)C1. The molecule has 1 aliphatic heterocycles. The number of morpholine rings is 1. The zero-order valence-corrected chi connectivity index (χ0v) is 16.3. The molecule has 3 rings (SSSR count). The Morgan fingerprint density at radius 1 is 1.28 bits per heavy atom. The number of thiazole rings is 1. The smallest absolute Gasteiger partial charge is 0.257 e. The van der Waals surface area contributed by atoms with E-state index < -0.39 is 0 Å². The molecule has 2 aromatic heterocycles. The fraction of sp³-hybridized carbons (Fsp3) is 0.611. The zero-order chi connectivity index (χ0) is 18.0. The average Bonchev–Trinajstić information content (AvgIpc) is 3.05. The maximum atomic E-state index is 5.98. The molecule has 1 aliphatic rings.